The second kappa shape index (κ2) is 10.1. The van der Waals surface area contributed by atoms with Crippen molar-refractivity contribution in [1.29, 1.82) is 0 Å². The third-order valence-electron chi connectivity index (χ3n) is 3.33. The smallest absolute Gasteiger partial charge is 0.191 e. The molecule has 0 fully saturated rings. The number of benzene rings is 1. The van der Waals surface area contributed by atoms with E-state index in [0.717, 1.165) is 40.2 Å². The molecule has 23 heavy (non-hydrogen) atoms. The average Bonchev–Trinajstić information content (AvgIpc) is 2.82. The maximum absolute atomic E-state index is 6.15. The molecule has 0 atom stereocenters. The number of halogens is 2. The van der Waals surface area contributed by atoms with E-state index in [4.69, 9.17) is 11.6 Å². The van der Waals surface area contributed by atoms with Crippen molar-refractivity contribution in [2.45, 2.75) is 26.8 Å². The second-order valence-electron chi connectivity index (χ2n) is 4.94. The topological polar surface area (TPSA) is 49.3 Å². The van der Waals surface area contributed by atoms with E-state index in [9.17, 15) is 0 Å². The Labute approximate surface area is 163 Å². The molecule has 7 heteroatoms. The summed E-state index contributed by atoms with van der Waals surface area (Å²) in [6.07, 6.45) is 0.895. The molecule has 1 heterocycles. The van der Waals surface area contributed by atoms with Crippen LogP contribution in [0.3, 0.4) is 0 Å². The highest BCUT2D eigenvalue weighted by Crippen LogP contribution is 2.16. The van der Waals surface area contributed by atoms with Gasteiger partial charge in [-0.2, -0.15) is 0 Å². The average molecular weight is 465 g/mol. The van der Waals surface area contributed by atoms with Crippen LogP contribution < -0.4 is 10.6 Å². The molecule has 2 N–H and O–H groups in total. The summed E-state index contributed by atoms with van der Waals surface area (Å²) < 4.78 is 0. The zero-order chi connectivity index (χ0) is 15.9. The van der Waals surface area contributed by atoms with E-state index in [-0.39, 0.29) is 24.0 Å². The van der Waals surface area contributed by atoms with E-state index < -0.39 is 0 Å². The van der Waals surface area contributed by atoms with Crippen molar-refractivity contribution in [1.82, 2.24) is 15.6 Å². The molecule has 0 unspecified atom stereocenters. The highest BCUT2D eigenvalue weighted by atomic mass is 127. The Bertz CT molecular complexity index is 638. The number of aliphatic imine (C=N–C) groups is 1. The van der Waals surface area contributed by atoms with Gasteiger partial charge in [-0.3, -0.25) is 4.99 Å². The largest absolute Gasteiger partial charge is 0.356 e. The van der Waals surface area contributed by atoms with Crippen LogP contribution in [0.15, 0.2) is 29.3 Å². The molecule has 0 saturated heterocycles. The van der Waals surface area contributed by atoms with Gasteiger partial charge in [0.1, 0.15) is 0 Å². The molecule has 1 aromatic carbocycles. The molecule has 0 aliphatic heterocycles. The van der Waals surface area contributed by atoms with Crippen LogP contribution in [0.2, 0.25) is 5.02 Å². The summed E-state index contributed by atoms with van der Waals surface area (Å²) in [6.45, 7) is 5.60. The first-order valence-electron chi connectivity index (χ1n) is 7.21. The van der Waals surface area contributed by atoms with Gasteiger partial charge in [0.2, 0.25) is 0 Å². The monoisotopic (exact) mass is 464 g/mol. The molecule has 0 bridgehead atoms. The van der Waals surface area contributed by atoms with Gasteiger partial charge < -0.3 is 10.6 Å². The van der Waals surface area contributed by atoms with Gasteiger partial charge in [-0.05, 0) is 25.5 Å². The molecule has 126 valence electrons. The maximum Gasteiger partial charge on any atom is 0.191 e. The van der Waals surface area contributed by atoms with Gasteiger partial charge in [0.25, 0.3) is 0 Å². The second-order valence-corrected chi connectivity index (χ2v) is 6.64. The van der Waals surface area contributed by atoms with Crippen molar-refractivity contribution in [2.24, 2.45) is 4.99 Å². The van der Waals surface area contributed by atoms with Crippen LogP contribution in [-0.4, -0.2) is 24.5 Å². The maximum atomic E-state index is 6.15. The van der Waals surface area contributed by atoms with Gasteiger partial charge in [-0.25, -0.2) is 4.98 Å². The van der Waals surface area contributed by atoms with Crippen LogP contribution >= 0.6 is 46.9 Å². The summed E-state index contributed by atoms with van der Waals surface area (Å²) in [5.74, 6) is 0.768. The number of nitrogens with zero attached hydrogens (tertiary/aromatic N) is 2. The predicted octanol–water partition coefficient (Wildman–Crippen LogP) is 3.94. The van der Waals surface area contributed by atoms with Crippen LogP contribution in [0.5, 0.6) is 0 Å². The van der Waals surface area contributed by atoms with E-state index in [2.05, 4.69) is 27.5 Å². The van der Waals surface area contributed by atoms with Crippen molar-refractivity contribution in [3.8, 4) is 0 Å². The van der Waals surface area contributed by atoms with E-state index in [1.807, 2.05) is 31.2 Å². The Balaban J connectivity index is 0.00000264. The van der Waals surface area contributed by atoms with Crippen molar-refractivity contribution >= 4 is 52.9 Å². The number of hydrogen-bond acceptors (Lipinski definition) is 3. The first kappa shape index (κ1) is 20.2. The van der Waals surface area contributed by atoms with Crippen molar-refractivity contribution in [3.63, 3.8) is 0 Å². The van der Waals surface area contributed by atoms with E-state index in [0.29, 0.717) is 6.54 Å². The van der Waals surface area contributed by atoms with Crippen LogP contribution in [0.4, 0.5) is 0 Å². The third kappa shape index (κ3) is 6.27. The lowest BCUT2D eigenvalue weighted by molar-refractivity contribution is 0.791. The zero-order valence-electron chi connectivity index (χ0n) is 13.5. The fourth-order valence-electron chi connectivity index (χ4n) is 1.98. The number of aromatic nitrogens is 1. The molecule has 4 nitrogen and oxygen atoms in total. The molecular weight excluding hydrogens is 443 g/mol. The Morgan fingerprint density at radius 1 is 1.26 bits per heavy atom. The number of guanidine groups is 1. The minimum Gasteiger partial charge on any atom is -0.356 e. The quantitative estimate of drug-likeness (QED) is 0.400. The Kier molecular flexibility index (Phi) is 8.86. The Morgan fingerprint density at radius 2 is 2.00 bits per heavy atom. The van der Waals surface area contributed by atoms with Crippen LogP contribution in [0.25, 0.3) is 0 Å². The first-order chi connectivity index (χ1) is 10.6. The molecule has 0 saturated carbocycles. The summed E-state index contributed by atoms with van der Waals surface area (Å²) in [4.78, 5) is 10.0. The van der Waals surface area contributed by atoms with Gasteiger partial charge in [-0.1, -0.05) is 29.8 Å². The summed E-state index contributed by atoms with van der Waals surface area (Å²) in [5, 5.41) is 8.49. The number of nitrogens with one attached hydrogen (secondary N) is 2. The van der Waals surface area contributed by atoms with Gasteiger partial charge in [0.05, 0.1) is 10.7 Å². The van der Waals surface area contributed by atoms with Gasteiger partial charge in [-0.15, -0.1) is 35.3 Å². The fourth-order valence-corrected chi connectivity index (χ4v) is 3.11. The van der Waals surface area contributed by atoms with Crippen LogP contribution in [0.1, 0.15) is 21.1 Å². The van der Waals surface area contributed by atoms with E-state index in [1.165, 1.54) is 4.88 Å². The van der Waals surface area contributed by atoms with Crippen LogP contribution in [-0.2, 0) is 13.0 Å². The van der Waals surface area contributed by atoms with Gasteiger partial charge in [0.15, 0.2) is 5.96 Å². The molecular formula is C16H22ClIN4S. The lowest BCUT2D eigenvalue weighted by atomic mass is 10.2. The molecule has 0 amide bonds. The van der Waals surface area contributed by atoms with Crippen molar-refractivity contribution < 1.29 is 0 Å². The minimum atomic E-state index is 0. The lowest BCUT2D eigenvalue weighted by Gasteiger charge is -2.12. The number of hydrogen-bond donors (Lipinski definition) is 2. The number of aryl methyl sites for hydroxylation is 2. The Morgan fingerprint density at radius 3 is 2.61 bits per heavy atom. The Hall–Kier alpha value is -0.860. The lowest BCUT2D eigenvalue weighted by Crippen LogP contribution is -2.37. The predicted molar refractivity (Wildman–Crippen MR) is 110 cm³/mol. The van der Waals surface area contributed by atoms with Crippen LogP contribution in [0, 0.1) is 13.8 Å². The van der Waals surface area contributed by atoms with Gasteiger partial charge >= 0.3 is 0 Å². The molecule has 0 aliphatic rings. The summed E-state index contributed by atoms with van der Waals surface area (Å²) in [7, 11) is 1.76. The standard InChI is InChI=1S/C16H21ClN4S.HI/c1-11-12(2)22-15(21-11)8-9-19-16(18-3)20-10-13-6-4-5-7-14(13)17;/h4-7H,8-10H2,1-3H3,(H2,18,19,20);1H. The van der Waals surface area contributed by atoms with E-state index in [1.54, 1.807) is 18.4 Å². The molecule has 0 aliphatic carbocycles. The highest BCUT2D eigenvalue weighted by molar-refractivity contribution is 14.0. The summed E-state index contributed by atoms with van der Waals surface area (Å²) in [5.41, 5.74) is 2.18. The minimum absolute atomic E-state index is 0. The summed E-state index contributed by atoms with van der Waals surface area (Å²) in [6, 6.07) is 7.80. The highest BCUT2D eigenvalue weighted by Gasteiger charge is 2.05. The molecule has 1 aromatic heterocycles. The number of rotatable bonds is 5. The molecule has 0 radical (unpaired) electrons. The fraction of sp³-hybridized carbons (Fsp3) is 0.375. The van der Waals surface area contributed by atoms with Crippen molar-refractivity contribution in [2.75, 3.05) is 13.6 Å². The zero-order valence-corrected chi connectivity index (χ0v) is 17.4. The van der Waals surface area contributed by atoms with Gasteiger partial charge in [0, 0.05) is 36.5 Å². The normalized spacial score (nSPS) is 11.0. The molecule has 2 aromatic rings. The third-order valence-corrected chi connectivity index (χ3v) is 4.83. The first-order valence-corrected chi connectivity index (χ1v) is 8.40. The number of thiazole rings is 1. The molecule has 0 spiro atoms. The van der Waals surface area contributed by atoms with E-state index >= 15 is 0 Å². The SMILES string of the molecule is CN=C(NCCc1nc(C)c(C)s1)NCc1ccccc1Cl.I. The molecule has 2 rings (SSSR count). The van der Waals surface area contributed by atoms with Crippen molar-refractivity contribution in [3.05, 3.63) is 50.4 Å². The summed E-state index contributed by atoms with van der Waals surface area (Å²) >= 11 is 7.90.